The molecule has 4 nitrogen and oxygen atoms in total. The number of rotatable bonds is 1. The van der Waals surface area contributed by atoms with Gasteiger partial charge < -0.3 is 0 Å². The molecule has 3 aliphatic rings. The van der Waals surface area contributed by atoms with Crippen LogP contribution in [0.5, 0.6) is 0 Å². The molecule has 0 saturated carbocycles. The number of carbonyl (C=O) groups excluding carboxylic acids is 2. The first-order valence-corrected chi connectivity index (χ1v) is 7.03. The van der Waals surface area contributed by atoms with Gasteiger partial charge in [-0.1, -0.05) is 24.1 Å². The highest BCUT2D eigenvalue weighted by Crippen LogP contribution is 2.39. The van der Waals surface area contributed by atoms with Gasteiger partial charge in [0.05, 0.1) is 11.8 Å². The van der Waals surface area contributed by atoms with Gasteiger partial charge in [-0.05, 0) is 25.7 Å². The van der Waals surface area contributed by atoms with Gasteiger partial charge in [-0.15, -0.1) is 0 Å². The number of imide groups is 1. The smallest absolute Gasteiger partial charge is 0.248 e. The van der Waals surface area contributed by atoms with Crippen molar-refractivity contribution in [2.45, 2.75) is 32.1 Å². The van der Waals surface area contributed by atoms with Crippen molar-refractivity contribution in [3.05, 3.63) is 11.1 Å². The molecule has 2 saturated heterocycles. The molecule has 0 radical (unpaired) electrons. The molecule has 18 heavy (non-hydrogen) atoms. The lowest BCUT2D eigenvalue weighted by Crippen LogP contribution is -2.49. The van der Waals surface area contributed by atoms with Crippen LogP contribution >= 0.6 is 11.6 Å². The Morgan fingerprint density at radius 1 is 1.06 bits per heavy atom. The van der Waals surface area contributed by atoms with Crippen molar-refractivity contribution in [2.75, 3.05) is 13.1 Å². The lowest BCUT2D eigenvalue weighted by molar-refractivity contribution is -0.160. The minimum Gasteiger partial charge on any atom is -0.273 e. The molecule has 0 aromatic rings. The number of hydrazine groups is 1. The van der Waals surface area contributed by atoms with Crippen LogP contribution in [-0.2, 0) is 9.59 Å². The summed E-state index contributed by atoms with van der Waals surface area (Å²) in [7, 11) is 0. The zero-order chi connectivity index (χ0) is 12.7. The number of hydrogen-bond acceptors (Lipinski definition) is 3. The summed E-state index contributed by atoms with van der Waals surface area (Å²) in [5.74, 6) is -0.468. The maximum Gasteiger partial charge on any atom is 0.248 e. The van der Waals surface area contributed by atoms with Crippen molar-refractivity contribution in [3.63, 3.8) is 0 Å². The van der Waals surface area contributed by atoms with Crippen LogP contribution in [0, 0.1) is 11.8 Å². The van der Waals surface area contributed by atoms with E-state index in [-0.39, 0.29) is 23.7 Å². The molecule has 2 amide bonds. The fourth-order valence-electron chi connectivity index (χ4n) is 3.17. The van der Waals surface area contributed by atoms with Crippen LogP contribution in [0.1, 0.15) is 32.1 Å². The predicted octanol–water partition coefficient (Wildman–Crippen LogP) is 1.91. The highest BCUT2D eigenvalue weighted by atomic mass is 35.5. The fourth-order valence-corrected chi connectivity index (χ4v) is 3.42. The molecule has 2 fully saturated rings. The number of nitrogens with zero attached hydrogens (tertiary/aromatic N) is 2. The Kier molecular flexibility index (Phi) is 3.16. The third-order valence-corrected chi connectivity index (χ3v) is 4.47. The highest BCUT2D eigenvalue weighted by molar-refractivity contribution is 6.30. The van der Waals surface area contributed by atoms with E-state index in [4.69, 9.17) is 11.6 Å². The number of amides is 2. The first kappa shape index (κ1) is 12.2. The van der Waals surface area contributed by atoms with Crippen LogP contribution in [-0.4, -0.2) is 34.9 Å². The quantitative estimate of drug-likeness (QED) is 0.682. The number of halogens is 1. The van der Waals surface area contributed by atoms with Gasteiger partial charge in [0, 0.05) is 18.1 Å². The van der Waals surface area contributed by atoms with Crippen molar-refractivity contribution in [3.8, 4) is 0 Å². The molecule has 1 aliphatic carbocycles. The van der Waals surface area contributed by atoms with E-state index in [1.54, 1.807) is 0 Å². The average Bonchev–Trinajstić information content (AvgIpc) is 2.63. The molecule has 0 unspecified atom stereocenters. The number of piperidine rings is 1. The predicted molar refractivity (Wildman–Crippen MR) is 67.4 cm³/mol. The molecule has 98 valence electrons. The lowest BCUT2D eigenvalue weighted by atomic mass is 9.85. The second-order valence-corrected chi connectivity index (χ2v) is 5.79. The van der Waals surface area contributed by atoms with Crippen molar-refractivity contribution >= 4 is 23.4 Å². The van der Waals surface area contributed by atoms with E-state index in [1.807, 2.05) is 11.1 Å². The molecule has 2 heterocycles. The van der Waals surface area contributed by atoms with Gasteiger partial charge in [0.2, 0.25) is 11.8 Å². The van der Waals surface area contributed by atoms with Gasteiger partial charge >= 0.3 is 0 Å². The van der Waals surface area contributed by atoms with Gasteiger partial charge in [-0.3, -0.25) is 9.59 Å². The van der Waals surface area contributed by atoms with E-state index < -0.39 is 0 Å². The second-order valence-electron chi connectivity index (χ2n) is 5.31. The van der Waals surface area contributed by atoms with E-state index in [9.17, 15) is 9.59 Å². The SMILES string of the molecule is O=C1[C@@H]2CC=C(Cl)C[C@H]2C(=O)N1N1CCCCC1. The standard InChI is InChI=1S/C13H17ClN2O2/c14-9-4-5-10-11(8-9)13(18)16(12(10)17)15-6-2-1-3-7-15/h4,10-11H,1-3,5-8H2/t10-,11-/m1/s1. The first-order chi connectivity index (χ1) is 8.68. The Bertz CT molecular complexity index is 415. The molecule has 0 spiro atoms. The van der Waals surface area contributed by atoms with Gasteiger partial charge in [-0.25, -0.2) is 10.0 Å². The first-order valence-electron chi connectivity index (χ1n) is 6.65. The molecule has 3 rings (SSSR count). The summed E-state index contributed by atoms with van der Waals surface area (Å²) in [5.41, 5.74) is 0. The summed E-state index contributed by atoms with van der Waals surface area (Å²) in [4.78, 5) is 24.7. The third-order valence-electron chi connectivity index (χ3n) is 4.16. The number of hydrogen-bond donors (Lipinski definition) is 0. The Balaban J connectivity index is 1.81. The Labute approximate surface area is 112 Å². The molecule has 5 heteroatoms. The maximum atomic E-state index is 12.4. The normalized spacial score (nSPS) is 33.6. The van der Waals surface area contributed by atoms with Crippen LogP contribution in [0.15, 0.2) is 11.1 Å². The Morgan fingerprint density at radius 3 is 2.44 bits per heavy atom. The Morgan fingerprint density at radius 2 is 1.72 bits per heavy atom. The summed E-state index contributed by atoms with van der Waals surface area (Å²) in [6, 6.07) is 0. The molecule has 0 N–H and O–H groups in total. The van der Waals surface area contributed by atoms with Crippen molar-refractivity contribution in [1.29, 1.82) is 0 Å². The monoisotopic (exact) mass is 268 g/mol. The second kappa shape index (κ2) is 4.67. The van der Waals surface area contributed by atoms with E-state index in [0.29, 0.717) is 12.8 Å². The van der Waals surface area contributed by atoms with E-state index in [1.165, 1.54) is 11.4 Å². The summed E-state index contributed by atoms with van der Waals surface area (Å²) < 4.78 is 0. The zero-order valence-corrected chi connectivity index (χ0v) is 11.0. The number of allylic oxidation sites excluding steroid dienone is 2. The largest absolute Gasteiger partial charge is 0.273 e. The average molecular weight is 269 g/mol. The van der Waals surface area contributed by atoms with E-state index >= 15 is 0 Å². The summed E-state index contributed by atoms with van der Waals surface area (Å²) in [6.07, 6.45) is 6.33. The van der Waals surface area contributed by atoms with Gasteiger partial charge in [0.25, 0.3) is 0 Å². The van der Waals surface area contributed by atoms with Crippen molar-refractivity contribution in [2.24, 2.45) is 11.8 Å². The van der Waals surface area contributed by atoms with E-state index in [2.05, 4.69) is 0 Å². The van der Waals surface area contributed by atoms with Crippen LogP contribution in [0.25, 0.3) is 0 Å². The van der Waals surface area contributed by atoms with Gasteiger partial charge in [-0.2, -0.15) is 0 Å². The van der Waals surface area contributed by atoms with Gasteiger partial charge in [0.1, 0.15) is 0 Å². The molecule has 0 aromatic heterocycles. The summed E-state index contributed by atoms with van der Waals surface area (Å²) >= 11 is 6.00. The highest BCUT2D eigenvalue weighted by Gasteiger charge is 2.50. The minimum absolute atomic E-state index is 0.0210. The van der Waals surface area contributed by atoms with Gasteiger partial charge in [0.15, 0.2) is 0 Å². The molecular formula is C13H17ClN2O2. The van der Waals surface area contributed by atoms with E-state index in [0.717, 1.165) is 31.0 Å². The topological polar surface area (TPSA) is 40.6 Å². The molecule has 2 atom stereocenters. The molecular weight excluding hydrogens is 252 g/mol. The lowest BCUT2D eigenvalue weighted by Gasteiger charge is -2.33. The molecule has 0 aromatic carbocycles. The fraction of sp³-hybridized carbons (Fsp3) is 0.692. The minimum atomic E-state index is -0.225. The summed E-state index contributed by atoms with van der Waals surface area (Å²) in [6.45, 7) is 1.64. The van der Waals surface area contributed by atoms with Crippen molar-refractivity contribution in [1.82, 2.24) is 10.0 Å². The van der Waals surface area contributed by atoms with Crippen LogP contribution in [0.4, 0.5) is 0 Å². The van der Waals surface area contributed by atoms with Crippen LogP contribution < -0.4 is 0 Å². The van der Waals surface area contributed by atoms with Crippen LogP contribution in [0.3, 0.4) is 0 Å². The number of fused-ring (bicyclic) bond motifs is 1. The van der Waals surface area contributed by atoms with Crippen LogP contribution in [0.2, 0.25) is 0 Å². The Hall–Kier alpha value is -0.870. The zero-order valence-electron chi connectivity index (χ0n) is 10.3. The third kappa shape index (κ3) is 1.88. The van der Waals surface area contributed by atoms with Crippen molar-refractivity contribution < 1.29 is 9.59 Å². The molecule has 0 bridgehead atoms. The summed E-state index contributed by atoms with van der Waals surface area (Å²) in [5, 5.41) is 4.07. The maximum absolute atomic E-state index is 12.4. The number of carbonyl (C=O) groups is 2. The molecule has 2 aliphatic heterocycles.